The first kappa shape index (κ1) is 21.6. The summed E-state index contributed by atoms with van der Waals surface area (Å²) in [5.41, 5.74) is 0.911. The summed E-state index contributed by atoms with van der Waals surface area (Å²) in [6, 6.07) is 8.86. The molecule has 2 aromatic heterocycles. The van der Waals surface area contributed by atoms with Crippen LogP contribution in [0.3, 0.4) is 0 Å². The van der Waals surface area contributed by atoms with E-state index in [1.54, 1.807) is 37.5 Å². The van der Waals surface area contributed by atoms with Crippen molar-refractivity contribution in [3.05, 3.63) is 60.2 Å². The van der Waals surface area contributed by atoms with Gasteiger partial charge in [0.1, 0.15) is 6.04 Å². The second kappa shape index (κ2) is 9.14. The number of pyridine rings is 1. The molecule has 0 aliphatic heterocycles. The Morgan fingerprint density at radius 1 is 1.20 bits per heavy atom. The molecule has 2 N–H and O–H groups in total. The van der Waals surface area contributed by atoms with E-state index in [2.05, 4.69) is 25.2 Å². The molecule has 2 heterocycles. The standard InChI is InChI=1S/C20H23N5O4S/c1-4-22-30(27,28)16-9-5-7-14(11-16)19(26)23-17(13(2)3)20-24-18(25-29-20)15-8-6-10-21-12-15/h5-13,17,22H,4H2,1-3H3,(H,23,26). The zero-order valence-corrected chi connectivity index (χ0v) is 17.7. The summed E-state index contributed by atoms with van der Waals surface area (Å²) >= 11 is 0. The second-order valence-electron chi connectivity index (χ2n) is 6.92. The normalized spacial score (nSPS) is 12.7. The maximum Gasteiger partial charge on any atom is 0.251 e. The Balaban J connectivity index is 1.83. The Morgan fingerprint density at radius 3 is 2.67 bits per heavy atom. The molecule has 0 spiro atoms. The Bertz CT molecular complexity index is 1110. The fourth-order valence-corrected chi connectivity index (χ4v) is 3.88. The molecule has 1 amide bonds. The van der Waals surface area contributed by atoms with E-state index in [-0.39, 0.29) is 28.8 Å². The maximum absolute atomic E-state index is 12.8. The van der Waals surface area contributed by atoms with Crippen molar-refractivity contribution in [1.82, 2.24) is 25.2 Å². The highest BCUT2D eigenvalue weighted by atomic mass is 32.2. The topological polar surface area (TPSA) is 127 Å². The van der Waals surface area contributed by atoms with Gasteiger partial charge in [0.05, 0.1) is 4.90 Å². The number of sulfonamides is 1. The SMILES string of the molecule is CCNS(=O)(=O)c1cccc(C(=O)NC(c2nc(-c3cccnc3)no2)C(C)C)c1. The number of hydrogen-bond acceptors (Lipinski definition) is 7. The smallest absolute Gasteiger partial charge is 0.251 e. The van der Waals surface area contributed by atoms with Crippen LogP contribution in [0.15, 0.2) is 58.2 Å². The molecular weight excluding hydrogens is 406 g/mol. The van der Waals surface area contributed by atoms with Crippen molar-refractivity contribution in [2.75, 3.05) is 6.54 Å². The number of nitrogens with one attached hydrogen (secondary N) is 2. The molecule has 3 aromatic rings. The zero-order valence-electron chi connectivity index (χ0n) is 16.9. The number of hydrogen-bond donors (Lipinski definition) is 2. The number of carbonyl (C=O) groups is 1. The van der Waals surface area contributed by atoms with Gasteiger partial charge in [0.2, 0.25) is 21.7 Å². The van der Waals surface area contributed by atoms with E-state index in [4.69, 9.17) is 4.52 Å². The highest BCUT2D eigenvalue weighted by Crippen LogP contribution is 2.24. The maximum atomic E-state index is 12.8. The van der Waals surface area contributed by atoms with Gasteiger partial charge in [-0.25, -0.2) is 13.1 Å². The summed E-state index contributed by atoms with van der Waals surface area (Å²) in [7, 11) is -3.67. The van der Waals surface area contributed by atoms with Gasteiger partial charge in [0.15, 0.2) is 0 Å². The molecule has 30 heavy (non-hydrogen) atoms. The Hall–Kier alpha value is -3.11. The van der Waals surface area contributed by atoms with Crippen LogP contribution in [0.1, 0.15) is 43.1 Å². The molecule has 1 unspecified atom stereocenters. The van der Waals surface area contributed by atoms with E-state index in [9.17, 15) is 13.2 Å². The van der Waals surface area contributed by atoms with Gasteiger partial charge in [-0.15, -0.1) is 0 Å². The molecule has 0 radical (unpaired) electrons. The Morgan fingerprint density at radius 2 is 2.00 bits per heavy atom. The first-order valence-electron chi connectivity index (χ1n) is 9.46. The van der Waals surface area contributed by atoms with Gasteiger partial charge in [-0.3, -0.25) is 9.78 Å². The van der Waals surface area contributed by atoms with Crippen LogP contribution < -0.4 is 10.0 Å². The minimum absolute atomic E-state index is 0.0229. The van der Waals surface area contributed by atoms with Crippen molar-refractivity contribution >= 4 is 15.9 Å². The lowest BCUT2D eigenvalue weighted by atomic mass is 10.0. The van der Waals surface area contributed by atoms with Gasteiger partial charge in [-0.2, -0.15) is 4.98 Å². The van der Waals surface area contributed by atoms with E-state index in [1.165, 1.54) is 18.2 Å². The van der Waals surface area contributed by atoms with Gasteiger partial charge >= 0.3 is 0 Å². The van der Waals surface area contributed by atoms with Gasteiger partial charge in [-0.05, 0) is 36.2 Å². The van der Waals surface area contributed by atoms with Crippen molar-refractivity contribution in [2.45, 2.75) is 31.7 Å². The van der Waals surface area contributed by atoms with Crippen LogP contribution in [-0.4, -0.2) is 36.0 Å². The quantitative estimate of drug-likeness (QED) is 0.563. The van der Waals surface area contributed by atoms with Gasteiger partial charge in [0, 0.05) is 30.1 Å². The molecule has 3 rings (SSSR count). The number of benzene rings is 1. The fourth-order valence-electron chi connectivity index (χ4n) is 2.79. The van der Waals surface area contributed by atoms with Crippen LogP contribution in [0.4, 0.5) is 0 Å². The minimum Gasteiger partial charge on any atom is -0.340 e. The highest BCUT2D eigenvalue weighted by molar-refractivity contribution is 7.89. The number of rotatable bonds is 8. The average molecular weight is 430 g/mol. The van der Waals surface area contributed by atoms with Crippen molar-refractivity contribution < 1.29 is 17.7 Å². The first-order chi connectivity index (χ1) is 14.3. The molecule has 1 atom stereocenters. The molecule has 158 valence electrons. The number of aromatic nitrogens is 3. The predicted octanol–water partition coefficient (Wildman–Crippen LogP) is 2.56. The molecular formula is C20H23N5O4S. The van der Waals surface area contributed by atoms with E-state index in [1.807, 2.05) is 13.8 Å². The third-order valence-corrected chi connectivity index (χ3v) is 5.86. The summed E-state index contributed by atoms with van der Waals surface area (Å²) in [4.78, 5) is 21.3. The van der Waals surface area contributed by atoms with Gasteiger partial charge in [-0.1, -0.05) is 32.0 Å². The average Bonchev–Trinajstić information content (AvgIpc) is 3.22. The van der Waals surface area contributed by atoms with Crippen LogP contribution in [-0.2, 0) is 10.0 Å². The lowest BCUT2D eigenvalue weighted by Crippen LogP contribution is -2.32. The molecule has 1 aromatic carbocycles. The summed E-state index contributed by atoms with van der Waals surface area (Å²) in [5, 5.41) is 6.83. The molecule has 0 fully saturated rings. The fraction of sp³-hybridized carbons (Fsp3) is 0.300. The van der Waals surface area contributed by atoms with E-state index >= 15 is 0 Å². The first-order valence-corrected chi connectivity index (χ1v) is 10.9. The van der Waals surface area contributed by atoms with Crippen LogP contribution in [0.5, 0.6) is 0 Å². The number of nitrogens with zero attached hydrogens (tertiary/aromatic N) is 3. The minimum atomic E-state index is -3.67. The summed E-state index contributed by atoms with van der Waals surface area (Å²) in [6.07, 6.45) is 3.26. The molecule has 0 saturated carbocycles. The number of carbonyl (C=O) groups excluding carboxylic acids is 1. The lowest BCUT2D eigenvalue weighted by Gasteiger charge is -2.18. The van der Waals surface area contributed by atoms with E-state index in [0.29, 0.717) is 11.4 Å². The van der Waals surface area contributed by atoms with Crippen LogP contribution in [0.25, 0.3) is 11.4 Å². The predicted molar refractivity (Wildman–Crippen MR) is 110 cm³/mol. The zero-order chi connectivity index (χ0) is 21.7. The highest BCUT2D eigenvalue weighted by Gasteiger charge is 2.26. The summed E-state index contributed by atoms with van der Waals surface area (Å²) < 4.78 is 32.2. The van der Waals surface area contributed by atoms with Crippen LogP contribution in [0.2, 0.25) is 0 Å². The Labute approximate surface area is 175 Å². The molecule has 0 saturated heterocycles. The van der Waals surface area contributed by atoms with Gasteiger partial charge < -0.3 is 9.84 Å². The van der Waals surface area contributed by atoms with Crippen molar-refractivity contribution in [3.63, 3.8) is 0 Å². The molecule has 10 heteroatoms. The van der Waals surface area contributed by atoms with Gasteiger partial charge in [0.25, 0.3) is 5.91 Å². The summed E-state index contributed by atoms with van der Waals surface area (Å²) in [6.45, 7) is 5.76. The third kappa shape index (κ3) is 4.89. The van der Waals surface area contributed by atoms with E-state index < -0.39 is 22.0 Å². The molecule has 0 bridgehead atoms. The summed E-state index contributed by atoms with van der Waals surface area (Å²) in [5.74, 6) is 0.138. The third-order valence-electron chi connectivity index (χ3n) is 4.32. The van der Waals surface area contributed by atoms with Crippen LogP contribution in [0, 0.1) is 5.92 Å². The van der Waals surface area contributed by atoms with E-state index in [0.717, 1.165) is 0 Å². The lowest BCUT2D eigenvalue weighted by molar-refractivity contribution is 0.0913. The van der Waals surface area contributed by atoms with Crippen molar-refractivity contribution in [3.8, 4) is 11.4 Å². The van der Waals surface area contributed by atoms with Crippen molar-refractivity contribution in [1.29, 1.82) is 0 Å². The molecule has 0 aliphatic carbocycles. The van der Waals surface area contributed by atoms with Crippen LogP contribution >= 0.6 is 0 Å². The Kier molecular flexibility index (Phi) is 6.58. The van der Waals surface area contributed by atoms with Crippen molar-refractivity contribution in [2.24, 2.45) is 5.92 Å². The largest absolute Gasteiger partial charge is 0.340 e. The monoisotopic (exact) mass is 429 g/mol. The molecule has 9 nitrogen and oxygen atoms in total. The number of amides is 1. The molecule has 0 aliphatic rings. The second-order valence-corrected chi connectivity index (χ2v) is 8.69.